The number of nitrogens with two attached hydrogens (primary N) is 1. The highest BCUT2D eigenvalue weighted by Crippen LogP contribution is 2.37. The molecular formula is C15H14N2O3. The van der Waals surface area contributed by atoms with E-state index in [9.17, 15) is 15.0 Å². The van der Waals surface area contributed by atoms with Crippen LogP contribution in [0.2, 0.25) is 0 Å². The van der Waals surface area contributed by atoms with Crippen LogP contribution in [0.25, 0.3) is 0 Å². The summed E-state index contributed by atoms with van der Waals surface area (Å²) in [4.78, 5) is 14.1. The van der Waals surface area contributed by atoms with Crippen LogP contribution in [0, 0.1) is 0 Å². The second-order valence-electron chi connectivity index (χ2n) is 4.73. The normalized spacial score (nSPS) is 13.3. The predicted octanol–water partition coefficient (Wildman–Crippen LogP) is 1.88. The molecule has 1 amide bonds. The van der Waals surface area contributed by atoms with Gasteiger partial charge >= 0.3 is 0 Å². The van der Waals surface area contributed by atoms with Gasteiger partial charge in [-0.1, -0.05) is 18.2 Å². The third kappa shape index (κ3) is 1.75. The van der Waals surface area contributed by atoms with E-state index < -0.39 is 5.91 Å². The highest BCUT2D eigenvalue weighted by atomic mass is 16.3. The van der Waals surface area contributed by atoms with Crippen LogP contribution < -0.4 is 10.6 Å². The number of hydrogen-bond acceptors (Lipinski definition) is 4. The molecule has 5 heteroatoms. The number of aromatic hydroxyl groups is 2. The summed E-state index contributed by atoms with van der Waals surface area (Å²) < 4.78 is 0. The van der Waals surface area contributed by atoms with Gasteiger partial charge in [0.05, 0.1) is 11.4 Å². The van der Waals surface area contributed by atoms with Crippen LogP contribution in [-0.4, -0.2) is 22.7 Å². The first-order valence-corrected chi connectivity index (χ1v) is 6.30. The second kappa shape index (κ2) is 4.45. The smallest absolute Gasteiger partial charge is 0.265 e. The van der Waals surface area contributed by atoms with Crippen LogP contribution in [0.5, 0.6) is 11.5 Å². The summed E-state index contributed by atoms with van der Waals surface area (Å²) >= 11 is 0. The van der Waals surface area contributed by atoms with Gasteiger partial charge in [0.2, 0.25) is 0 Å². The fraction of sp³-hybridized carbons (Fsp3) is 0.133. The van der Waals surface area contributed by atoms with Gasteiger partial charge in [-0.3, -0.25) is 4.79 Å². The Bertz CT molecular complexity index is 677. The molecule has 20 heavy (non-hydrogen) atoms. The molecule has 4 N–H and O–H groups in total. The van der Waals surface area contributed by atoms with Crippen molar-refractivity contribution in [2.75, 3.05) is 17.2 Å². The molecule has 0 saturated heterocycles. The minimum atomic E-state index is -0.447. The van der Waals surface area contributed by atoms with Crippen molar-refractivity contribution in [2.45, 2.75) is 6.42 Å². The number of rotatable bonds is 1. The van der Waals surface area contributed by atoms with Crippen molar-refractivity contribution in [1.29, 1.82) is 0 Å². The molecule has 102 valence electrons. The minimum Gasteiger partial charge on any atom is -0.507 e. The van der Waals surface area contributed by atoms with E-state index in [0.29, 0.717) is 24.3 Å². The van der Waals surface area contributed by atoms with Gasteiger partial charge in [-0.25, -0.2) is 0 Å². The molecule has 0 spiro atoms. The van der Waals surface area contributed by atoms with Crippen LogP contribution in [-0.2, 0) is 6.42 Å². The molecule has 0 unspecified atom stereocenters. The first-order chi connectivity index (χ1) is 9.59. The molecular weight excluding hydrogens is 256 g/mol. The molecule has 1 aliphatic heterocycles. The molecule has 3 rings (SSSR count). The van der Waals surface area contributed by atoms with Crippen molar-refractivity contribution >= 4 is 17.3 Å². The fourth-order valence-corrected chi connectivity index (χ4v) is 2.57. The average Bonchev–Trinajstić information content (AvgIpc) is 2.83. The Kier molecular flexibility index (Phi) is 2.75. The number of phenols is 2. The zero-order chi connectivity index (χ0) is 14.3. The molecule has 0 atom stereocenters. The summed E-state index contributed by atoms with van der Waals surface area (Å²) in [5.41, 5.74) is 8.02. The van der Waals surface area contributed by atoms with Crippen LogP contribution in [0.1, 0.15) is 15.9 Å². The lowest BCUT2D eigenvalue weighted by Gasteiger charge is -2.20. The van der Waals surface area contributed by atoms with Gasteiger partial charge in [-0.05, 0) is 30.2 Å². The number of carbonyl (C=O) groups excluding carboxylic acids is 1. The summed E-state index contributed by atoms with van der Waals surface area (Å²) in [7, 11) is 0. The minimum absolute atomic E-state index is 0.0939. The molecule has 0 bridgehead atoms. The zero-order valence-electron chi connectivity index (χ0n) is 10.7. The summed E-state index contributed by atoms with van der Waals surface area (Å²) in [6.07, 6.45) is 0.709. The van der Waals surface area contributed by atoms with Crippen LogP contribution in [0.4, 0.5) is 11.4 Å². The summed E-state index contributed by atoms with van der Waals surface area (Å²) in [6.45, 7) is 0.482. The number of amides is 1. The molecule has 0 aromatic heterocycles. The van der Waals surface area contributed by atoms with Crippen molar-refractivity contribution in [1.82, 2.24) is 0 Å². The Morgan fingerprint density at radius 3 is 2.45 bits per heavy atom. The van der Waals surface area contributed by atoms with E-state index in [1.54, 1.807) is 6.07 Å². The maximum Gasteiger partial charge on any atom is 0.265 e. The van der Waals surface area contributed by atoms with Crippen molar-refractivity contribution in [3.63, 3.8) is 0 Å². The topological polar surface area (TPSA) is 86.8 Å². The number of para-hydroxylation sites is 1. The molecule has 0 radical (unpaired) electrons. The predicted molar refractivity (Wildman–Crippen MR) is 76.0 cm³/mol. The number of phenolic OH excluding ortho intramolecular Hbond substituents is 2. The van der Waals surface area contributed by atoms with Gasteiger partial charge in [0.15, 0.2) is 0 Å². The van der Waals surface area contributed by atoms with E-state index in [4.69, 9.17) is 5.73 Å². The number of anilines is 2. The Morgan fingerprint density at radius 1 is 1.10 bits per heavy atom. The molecule has 0 fully saturated rings. The third-order valence-electron chi connectivity index (χ3n) is 3.50. The molecule has 1 aliphatic rings. The lowest BCUT2D eigenvalue weighted by molar-refractivity contribution is 0.0984. The quantitative estimate of drug-likeness (QED) is 0.690. The zero-order valence-corrected chi connectivity index (χ0v) is 10.7. The van der Waals surface area contributed by atoms with E-state index in [2.05, 4.69) is 0 Å². The monoisotopic (exact) mass is 270 g/mol. The Balaban J connectivity index is 2.07. The van der Waals surface area contributed by atoms with Crippen molar-refractivity contribution in [3.05, 3.63) is 47.5 Å². The average molecular weight is 270 g/mol. The Labute approximate surface area is 115 Å². The molecule has 0 aliphatic carbocycles. The van der Waals surface area contributed by atoms with Gasteiger partial charge in [-0.2, -0.15) is 0 Å². The van der Waals surface area contributed by atoms with Crippen LogP contribution in [0.15, 0.2) is 36.4 Å². The van der Waals surface area contributed by atoms with Gasteiger partial charge in [-0.15, -0.1) is 0 Å². The maximum atomic E-state index is 12.6. The second-order valence-corrected chi connectivity index (χ2v) is 4.73. The fourth-order valence-electron chi connectivity index (χ4n) is 2.57. The number of nitrogens with zero attached hydrogens (tertiary/aromatic N) is 1. The Hall–Kier alpha value is -2.69. The van der Waals surface area contributed by atoms with Crippen molar-refractivity contribution in [2.24, 2.45) is 0 Å². The molecule has 5 nitrogen and oxygen atoms in total. The van der Waals surface area contributed by atoms with E-state index in [1.165, 1.54) is 23.1 Å². The first-order valence-electron chi connectivity index (χ1n) is 6.30. The van der Waals surface area contributed by atoms with E-state index in [-0.39, 0.29) is 17.1 Å². The standard InChI is InChI=1S/C15H14N2O3/c16-10-4-1-3-9-7-8-17(14(9)10)15(20)13-11(18)5-2-6-12(13)19/h1-6,18-19H,7-8,16H2. The van der Waals surface area contributed by atoms with Gasteiger partial charge in [0.25, 0.3) is 5.91 Å². The van der Waals surface area contributed by atoms with Gasteiger partial charge in [0.1, 0.15) is 17.1 Å². The SMILES string of the molecule is Nc1cccc2c1N(C(=O)c1c(O)cccc1O)CC2. The van der Waals surface area contributed by atoms with Gasteiger partial charge < -0.3 is 20.8 Å². The van der Waals surface area contributed by atoms with Gasteiger partial charge in [0, 0.05) is 6.54 Å². The highest BCUT2D eigenvalue weighted by molar-refractivity contribution is 6.12. The van der Waals surface area contributed by atoms with Crippen molar-refractivity contribution < 1.29 is 15.0 Å². The van der Waals surface area contributed by atoms with Crippen molar-refractivity contribution in [3.8, 4) is 11.5 Å². The number of carbonyl (C=O) groups is 1. The summed E-state index contributed by atoms with van der Waals surface area (Å²) in [5, 5.41) is 19.6. The highest BCUT2D eigenvalue weighted by Gasteiger charge is 2.30. The largest absolute Gasteiger partial charge is 0.507 e. The lowest BCUT2D eigenvalue weighted by Crippen LogP contribution is -2.29. The Morgan fingerprint density at radius 2 is 1.75 bits per heavy atom. The molecule has 2 aromatic rings. The summed E-state index contributed by atoms with van der Waals surface area (Å²) in [6, 6.07) is 9.72. The van der Waals surface area contributed by atoms with E-state index in [0.717, 1.165) is 5.56 Å². The van der Waals surface area contributed by atoms with E-state index >= 15 is 0 Å². The third-order valence-corrected chi connectivity index (χ3v) is 3.50. The molecule has 0 saturated carbocycles. The summed E-state index contributed by atoms with van der Waals surface area (Å²) in [5.74, 6) is -0.923. The van der Waals surface area contributed by atoms with Crippen LogP contribution in [0.3, 0.4) is 0 Å². The maximum absolute atomic E-state index is 12.6. The van der Waals surface area contributed by atoms with Crippen LogP contribution >= 0.6 is 0 Å². The number of hydrogen-bond donors (Lipinski definition) is 3. The number of nitrogen functional groups attached to an aromatic ring is 1. The molecule has 1 heterocycles. The molecule has 2 aromatic carbocycles. The number of benzene rings is 2. The lowest BCUT2D eigenvalue weighted by atomic mass is 10.1. The first kappa shape index (κ1) is 12.3. The van der Waals surface area contributed by atoms with E-state index in [1.807, 2.05) is 12.1 Å². The number of fused-ring (bicyclic) bond motifs is 1.